The van der Waals surface area contributed by atoms with E-state index >= 15 is 0 Å². The first-order valence-electron chi connectivity index (χ1n) is 16.3. The van der Waals surface area contributed by atoms with E-state index in [2.05, 4.69) is 17.0 Å². The molecule has 0 unspecified atom stereocenters. The van der Waals surface area contributed by atoms with Gasteiger partial charge in [0.2, 0.25) is 11.6 Å². The lowest BCUT2D eigenvalue weighted by molar-refractivity contribution is -0.390. The monoisotopic (exact) mass is 645 g/mol. The lowest BCUT2D eigenvalue weighted by atomic mass is 9.53. The molecule has 12 heteroatoms. The van der Waals surface area contributed by atoms with Crippen LogP contribution < -0.4 is 4.74 Å². The van der Waals surface area contributed by atoms with Gasteiger partial charge in [0.1, 0.15) is 5.75 Å². The average Bonchev–Trinajstić information content (AvgIpc) is 3.33. The fourth-order valence-electron chi connectivity index (χ4n) is 8.98. The van der Waals surface area contributed by atoms with Crippen LogP contribution in [-0.2, 0) is 24.6 Å². The molecule has 0 atom stereocenters. The summed E-state index contributed by atoms with van der Waals surface area (Å²) in [4.78, 5) is 14.4. The SMILES string of the molecule is CS(=O)(=O)O.FC(F)(F)C1CCN(CCCOc2ccc(C3CCC4(CC3)OOC3(O4)C4CC5CC(C4)CC3C5)cc2)CC1. The molecule has 2 saturated heterocycles. The Balaban J connectivity index is 0.000000637. The van der Waals surface area contributed by atoms with E-state index in [9.17, 15) is 21.6 Å². The molecule has 2 aliphatic heterocycles. The van der Waals surface area contributed by atoms with Crippen molar-refractivity contribution in [2.45, 2.75) is 101 Å². The molecular formula is C32H46F3NO7S. The molecule has 1 aromatic carbocycles. The van der Waals surface area contributed by atoms with E-state index in [4.69, 9.17) is 23.8 Å². The third kappa shape index (κ3) is 7.41. The van der Waals surface area contributed by atoms with Crippen LogP contribution in [0, 0.1) is 29.6 Å². The number of likely N-dealkylation sites (tertiary alicyclic amines) is 1. The van der Waals surface area contributed by atoms with E-state index in [0.29, 0.717) is 43.7 Å². The number of halogens is 3. The molecule has 2 spiro atoms. The van der Waals surface area contributed by atoms with Gasteiger partial charge in [-0.05, 0) is 113 Å². The van der Waals surface area contributed by atoms with Crippen LogP contribution in [0.2, 0.25) is 0 Å². The van der Waals surface area contributed by atoms with Crippen LogP contribution in [0.4, 0.5) is 13.2 Å². The van der Waals surface area contributed by atoms with E-state index in [1.807, 2.05) is 12.1 Å². The topological polar surface area (TPSA) is 94.5 Å². The summed E-state index contributed by atoms with van der Waals surface area (Å²) in [7, 11) is -3.67. The van der Waals surface area contributed by atoms with Crippen LogP contribution in [0.1, 0.15) is 88.5 Å². The number of ether oxygens (including phenoxy) is 2. The highest BCUT2D eigenvalue weighted by molar-refractivity contribution is 7.85. The van der Waals surface area contributed by atoms with E-state index < -0.39 is 33.8 Å². The fourth-order valence-corrected chi connectivity index (χ4v) is 8.98. The Morgan fingerprint density at radius 3 is 2.05 bits per heavy atom. The maximum Gasteiger partial charge on any atom is 0.391 e. The molecule has 0 radical (unpaired) electrons. The van der Waals surface area contributed by atoms with Crippen molar-refractivity contribution in [3.8, 4) is 5.75 Å². The Morgan fingerprint density at radius 2 is 1.50 bits per heavy atom. The molecule has 7 fully saturated rings. The Morgan fingerprint density at radius 1 is 0.932 bits per heavy atom. The van der Waals surface area contributed by atoms with Gasteiger partial charge in [0.15, 0.2) is 0 Å². The summed E-state index contributed by atoms with van der Waals surface area (Å²) in [6.45, 7) is 2.40. The zero-order valence-corrected chi connectivity index (χ0v) is 26.3. The summed E-state index contributed by atoms with van der Waals surface area (Å²) >= 11 is 0. The second-order valence-electron chi connectivity index (χ2n) is 14.1. The average molecular weight is 646 g/mol. The van der Waals surface area contributed by atoms with Crippen molar-refractivity contribution < 1.29 is 45.4 Å². The molecule has 1 aromatic rings. The second-order valence-corrected chi connectivity index (χ2v) is 15.6. The largest absolute Gasteiger partial charge is 0.494 e. The first-order chi connectivity index (χ1) is 20.8. The number of hydrogen-bond donors (Lipinski definition) is 1. The van der Waals surface area contributed by atoms with Gasteiger partial charge in [-0.2, -0.15) is 31.4 Å². The molecule has 8 rings (SSSR count). The van der Waals surface area contributed by atoms with Crippen LogP contribution >= 0.6 is 0 Å². The van der Waals surface area contributed by atoms with Crippen molar-refractivity contribution in [2.75, 3.05) is 32.5 Å². The number of piperidine rings is 1. The van der Waals surface area contributed by atoms with Crippen molar-refractivity contribution in [3.63, 3.8) is 0 Å². The molecule has 248 valence electrons. The van der Waals surface area contributed by atoms with Gasteiger partial charge >= 0.3 is 6.18 Å². The highest BCUT2D eigenvalue weighted by atomic mass is 32.2. The summed E-state index contributed by atoms with van der Waals surface area (Å²) in [6, 6.07) is 8.44. The van der Waals surface area contributed by atoms with Crippen molar-refractivity contribution >= 4 is 10.1 Å². The standard InChI is InChI=1S/C31H42F3NO4.CH4O3S/c32-31(33,34)25-8-13-35(14-9-25)12-1-15-36-28-4-2-23(3-5-28)24-6-10-29(11-7-24)37-30(39-38-29)26-17-21-16-22(19-26)20-27(30)18-21;1-5(2,3)4/h2-5,21-22,24-27H,1,6-20H2;1H3,(H,2,3,4). The lowest BCUT2D eigenvalue weighted by Crippen LogP contribution is -2.59. The molecule has 8 nitrogen and oxygen atoms in total. The summed E-state index contributed by atoms with van der Waals surface area (Å²) < 4.78 is 77.2. The Labute approximate surface area is 258 Å². The second kappa shape index (κ2) is 12.6. The smallest absolute Gasteiger partial charge is 0.391 e. The van der Waals surface area contributed by atoms with Crippen LogP contribution in [0.25, 0.3) is 0 Å². The number of alkyl halides is 3. The van der Waals surface area contributed by atoms with Crippen LogP contribution in [0.5, 0.6) is 5.75 Å². The van der Waals surface area contributed by atoms with Crippen LogP contribution in [-0.4, -0.2) is 68.1 Å². The first kappa shape index (κ1) is 32.5. The van der Waals surface area contributed by atoms with E-state index in [1.165, 1.54) is 37.7 Å². The van der Waals surface area contributed by atoms with Gasteiger partial charge in [0.05, 0.1) is 18.8 Å². The highest BCUT2D eigenvalue weighted by Gasteiger charge is 2.66. The van der Waals surface area contributed by atoms with Crippen molar-refractivity contribution in [2.24, 2.45) is 29.6 Å². The summed E-state index contributed by atoms with van der Waals surface area (Å²) in [5, 5.41) is 0. The van der Waals surface area contributed by atoms with Gasteiger partial charge in [-0.25, -0.2) is 0 Å². The highest BCUT2D eigenvalue weighted by Crippen LogP contribution is 2.64. The van der Waals surface area contributed by atoms with Gasteiger partial charge < -0.3 is 14.4 Å². The fraction of sp³-hybridized carbons (Fsp3) is 0.812. The maximum atomic E-state index is 12.8. The molecular weight excluding hydrogens is 599 g/mol. The Kier molecular flexibility index (Phi) is 9.33. The molecule has 4 bridgehead atoms. The molecule has 0 amide bonds. The van der Waals surface area contributed by atoms with Gasteiger partial charge in [-0.3, -0.25) is 4.55 Å². The predicted octanol–water partition coefficient (Wildman–Crippen LogP) is 6.72. The van der Waals surface area contributed by atoms with Crippen molar-refractivity contribution in [3.05, 3.63) is 29.8 Å². The van der Waals surface area contributed by atoms with Crippen molar-refractivity contribution in [1.29, 1.82) is 0 Å². The molecule has 5 aliphatic carbocycles. The third-order valence-corrected chi connectivity index (χ3v) is 11.0. The number of nitrogens with zero attached hydrogens (tertiary/aromatic N) is 1. The summed E-state index contributed by atoms with van der Waals surface area (Å²) in [5.41, 5.74) is 1.33. The first-order valence-corrected chi connectivity index (χ1v) is 18.2. The molecule has 7 aliphatic rings. The molecule has 5 saturated carbocycles. The van der Waals surface area contributed by atoms with E-state index in [1.54, 1.807) is 0 Å². The minimum absolute atomic E-state index is 0.210. The minimum atomic E-state index is -4.05. The molecule has 44 heavy (non-hydrogen) atoms. The zero-order valence-electron chi connectivity index (χ0n) is 25.5. The quantitative estimate of drug-likeness (QED) is 0.207. The minimum Gasteiger partial charge on any atom is -0.494 e. The summed E-state index contributed by atoms with van der Waals surface area (Å²) in [5.74, 6) is 1.87. The van der Waals surface area contributed by atoms with Gasteiger partial charge in [0, 0.05) is 31.2 Å². The molecule has 2 heterocycles. The van der Waals surface area contributed by atoms with Gasteiger partial charge in [-0.15, -0.1) is 0 Å². The van der Waals surface area contributed by atoms with Gasteiger partial charge in [0.25, 0.3) is 10.1 Å². The normalized spacial score (nSPS) is 37.3. The Hall–Kier alpha value is -1.44. The van der Waals surface area contributed by atoms with Crippen LogP contribution in [0.15, 0.2) is 24.3 Å². The Bertz CT molecular complexity index is 1190. The number of rotatable bonds is 6. The lowest BCUT2D eigenvalue weighted by Gasteiger charge is -2.57. The summed E-state index contributed by atoms with van der Waals surface area (Å²) in [6.07, 6.45) is 8.04. The predicted molar refractivity (Wildman–Crippen MR) is 156 cm³/mol. The number of benzene rings is 1. The molecule has 0 aromatic heterocycles. The van der Waals surface area contributed by atoms with Gasteiger partial charge in [-0.1, -0.05) is 12.1 Å². The maximum absolute atomic E-state index is 12.8. The van der Waals surface area contributed by atoms with E-state index in [-0.39, 0.29) is 12.8 Å². The number of hydrogen-bond acceptors (Lipinski definition) is 7. The zero-order chi connectivity index (χ0) is 31.2. The van der Waals surface area contributed by atoms with E-state index in [0.717, 1.165) is 56.2 Å². The third-order valence-electron chi connectivity index (χ3n) is 11.0. The van der Waals surface area contributed by atoms with Crippen molar-refractivity contribution in [1.82, 2.24) is 4.90 Å². The molecule has 1 N–H and O–H groups in total. The van der Waals surface area contributed by atoms with Crippen LogP contribution in [0.3, 0.4) is 0 Å².